The number of amidine groups is 1. The summed E-state index contributed by atoms with van der Waals surface area (Å²) in [6.45, 7) is 7.66. The van der Waals surface area contributed by atoms with Gasteiger partial charge in [0.15, 0.2) is 0 Å². The number of ether oxygens (including phenoxy) is 1. The van der Waals surface area contributed by atoms with Crippen molar-refractivity contribution in [1.29, 1.82) is 5.41 Å². The number of hydrogen-bond donors (Lipinski definition) is 2. The Labute approximate surface area is 79.7 Å². The van der Waals surface area contributed by atoms with Crippen molar-refractivity contribution in [3.63, 3.8) is 0 Å². The summed E-state index contributed by atoms with van der Waals surface area (Å²) in [5.41, 5.74) is 2.84. The first-order valence-corrected chi connectivity index (χ1v) is 4.78. The molecule has 0 unspecified atom stereocenters. The van der Waals surface area contributed by atoms with Crippen LogP contribution in [0.5, 0.6) is 0 Å². The molecule has 0 saturated carbocycles. The van der Waals surface area contributed by atoms with Crippen LogP contribution >= 0.6 is 0 Å². The molecule has 0 spiro atoms. The third kappa shape index (κ3) is 3.63. The molecule has 0 aromatic carbocycles. The lowest BCUT2D eigenvalue weighted by atomic mass is 10.2. The van der Waals surface area contributed by atoms with Crippen molar-refractivity contribution in [2.24, 2.45) is 0 Å². The zero-order valence-electron chi connectivity index (χ0n) is 8.68. The van der Waals surface area contributed by atoms with Gasteiger partial charge in [-0.15, -0.1) is 0 Å². The summed E-state index contributed by atoms with van der Waals surface area (Å²) < 4.78 is 5.42. The van der Waals surface area contributed by atoms with Crippen molar-refractivity contribution < 1.29 is 4.74 Å². The third-order valence-electron chi connectivity index (χ3n) is 1.76. The fraction of sp³-hybridized carbons (Fsp3) is 0.889. The van der Waals surface area contributed by atoms with Crippen LogP contribution in [0.1, 0.15) is 33.6 Å². The van der Waals surface area contributed by atoms with Crippen molar-refractivity contribution in [2.45, 2.75) is 39.2 Å². The Hall–Kier alpha value is -0.770. The van der Waals surface area contributed by atoms with E-state index in [0.29, 0.717) is 0 Å². The molecule has 0 aromatic heterocycles. The van der Waals surface area contributed by atoms with Gasteiger partial charge in [-0.2, -0.15) is 0 Å². The predicted octanol–water partition coefficient (Wildman–Crippen LogP) is 1.34. The second kappa shape index (κ2) is 3.96. The maximum atomic E-state index is 7.68. The lowest BCUT2D eigenvalue weighted by Crippen LogP contribution is -2.49. The monoisotopic (exact) mass is 185 g/mol. The molecule has 76 valence electrons. The molecule has 0 amide bonds. The maximum Gasteiger partial charge on any atom is 0.299 e. The Morgan fingerprint density at radius 1 is 1.38 bits per heavy atom. The van der Waals surface area contributed by atoms with E-state index in [-0.39, 0.29) is 11.6 Å². The molecule has 1 rings (SSSR count). The van der Waals surface area contributed by atoms with Gasteiger partial charge in [0.1, 0.15) is 5.60 Å². The van der Waals surface area contributed by atoms with E-state index in [0.717, 1.165) is 19.5 Å². The van der Waals surface area contributed by atoms with Gasteiger partial charge in [-0.3, -0.25) is 10.4 Å². The second-order valence-corrected chi connectivity index (χ2v) is 4.29. The van der Waals surface area contributed by atoms with Crippen molar-refractivity contribution in [3.05, 3.63) is 0 Å². The molecule has 1 heterocycles. The van der Waals surface area contributed by atoms with Gasteiger partial charge in [0.2, 0.25) is 0 Å². The van der Waals surface area contributed by atoms with E-state index in [1.807, 2.05) is 20.8 Å². The van der Waals surface area contributed by atoms with E-state index >= 15 is 0 Å². The summed E-state index contributed by atoms with van der Waals surface area (Å²) in [5.74, 6) is 0. The fourth-order valence-electron chi connectivity index (χ4n) is 1.21. The van der Waals surface area contributed by atoms with E-state index in [4.69, 9.17) is 10.1 Å². The molecule has 0 atom stereocenters. The van der Waals surface area contributed by atoms with E-state index in [9.17, 15) is 0 Å². The van der Waals surface area contributed by atoms with Gasteiger partial charge >= 0.3 is 0 Å². The topological polar surface area (TPSA) is 48.4 Å². The van der Waals surface area contributed by atoms with Crippen LogP contribution in [0.2, 0.25) is 0 Å². The number of hydrogen-bond acceptors (Lipinski definition) is 3. The first-order valence-electron chi connectivity index (χ1n) is 4.78. The molecule has 1 saturated heterocycles. The molecule has 0 radical (unpaired) electrons. The van der Waals surface area contributed by atoms with Gasteiger partial charge in [-0.05, 0) is 33.6 Å². The van der Waals surface area contributed by atoms with Crippen molar-refractivity contribution in [1.82, 2.24) is 10.4 Å². The normalized spacial score (nSPS) is 18.5. The van der Waals surface area contributed by atoms with E-state index in [2.05, 4.69) is 5.43 Å². The summed E-state index contributed by atoms with van der Waals surface area (Å²) in [4.78, 5) is 0. The molecule has 0 aliphatic carbocycles. The predicted molar refractivity (Wildman–Crippen MR) is 52.5 cm³/mol. The maximum absolute atomic E-state index is 7.68. The number of nitrogens with one attached hydrogen (secondary N) is 2. The minimum Gasteiger partial charge on any atom is -0.459 e. The Kier molecular flexibility index (Phi) is 3.14. The number of hydrazine groups is 1. The van der Waals surface area contributed by atoms with Gasteiger partial charge < -0.3 is 4.74 Å². The van der Waals surface area contributed by atoms with Crippen LogP contribution in [0.25, 0.3) is 0 Å². The van der Waals surface area contributed by atoms with Crippen LogP contribution in [-0.2, 0) is 4.74 Å². The highest BCUT2D eigenvalue weighted by atomic mass is 16.5. The summed E-state index contributed by atoms with van der Waals surface area (Å²) in [7, 11) is 0. The van der Waals surface area contributed by atoms with Gasteiger partial charge in [-0.25, -0.2) is 5.43 Å². The molecule has 1 aliphatic rings. The molecule has 1 fully saturated rings. The number of nitrogens with zero attached hydrogens (tertiary/aromatic N) is 1. The quantitative estimate of drug-likeness (QED) is 0.442. The van der Waals surface area contributed by atoms with Crippen LogP contribution in [0.4, 0.5) is 0 Å². The smallest absolute Gasteiger partial charge is 0.299 e. The summed E-state index contributed by atoms with van der Waals surface area (Å²) in [5, 5.41) is 9.45. The summed E-state index contributed by atoms with van der Waals surface area (Å²) in [6, 6.07) is 0.229. The summed E-state index contributed by atoms with van der Waals surface area (Å²) in [6.07, 6.45) is 2.31. The zero-order chi connectivity index (χ0) is 9.90. The first kappa shape index (κ1) is 10.3. The zero-order valence-corrected chi connectivity index (χ0v) is 8.68. The van der Waals surface area contributed by atoms with Crippen LogP contribution in [0, 0.1) is 5.41 Å². The fourth-order valence-corrected chi connectivity index (χ4v) is 1.21. The van der Waals surface area contributed by atoms with Gasteiger partial charge in [0.05, 0.1) is 0 Å². The third-order valence-corrected chi connectivity index (χ3v) is 1.76. The van der Waals surface area contributed by atoms with Gasteiger partial charge in [-0.1, -0.05) is 0 Å². The number of rotatable bonds is 0. The molecule has 0 bridgehead atoms. The average Bonchev–Trinajstić information content (AvgIpc) is 2.03. The van der Waals surface area contributed by atoms with Crippen molar-refractivity contribution in [2.75, 3.05) is 13.1 Å². The summed E-state index contributed by atoms with van der Waals surface area (Å²) >= 11 is 0. The molecule has 4 nitrogen and oxygen atoms in total. The highest BCUT2D eigenvalue weighted by molar-refractivity contribution is 5.70. The largest absolute Gasteiger partial charge is 0.459 e. The standard InChI is InChI=1S/C9H19N3O/c1-9(2,3)13-8(10)12-7-5-4-6-11-12/h10-11H,4-7H2,1-3H3. The van der Waals surface area contributed by atoms with Crippen molar-refractivity contribution in [3.8, 4) is 0 Å². The highest BCUT2D eigenvalue weighted by Crippen LogP contribution is 2.09. The molecule has 0 aromatic rings. The highest BCUT2D eigenvalue weighted by Gasteiger charge is 2.20. The van der Waals surface area contributed by atoms with Gasteiger partial charge in [0, 0.05) is 13.1 Å². The second-order valence-electron chi connectivity index (χ2n) is 4.29. The Morgan fingerprint density at radius 2 is 2.08 bits per heavy atom. The molecule has 4 heteroatoms. The SMILES string of the molecule is CC(C)(C)OC(=N)N1CCCCN1. The minimum atomic E-state index is -0.282. The van der Waals surface area contributed by atoms with Crippen LogP contribution in [0.15, 0.2) is 0 Å². The molecule has 2 N–H and O–H groups in total. The van der Waals surface area contributed by atoms with Gasteiger partial charge in [0.25, 0.3) is 6.02 Å². The van der Waals surface area contributed by atoms with Crippen LogP contribution in [-0.4, -0.2) is 29.7 Å². The Morgan fingerprint density at radius 3 is 2.54 bits per heavy atom. The molecular weight excluding hydrogens is 166 g/mol. The van der Waals surface area contributed by atoms with E-state index in [1.165, 1.54) is 6.42 Å². The van der Waals surface area contributed by atoms with E-state index < -0.39 is 0 Å². The lowest BCUT2D eigenvalue weighted by molar-refractivity contribution is 0.0677. The Bertz CT molecular complexity index is 180. The Balaban J connectivity index is 2.38. The molecule has 13 heavy (non-hydrogen) atoms. The van der Waals surface area contributed by atoms with Crippen molar-refractivity contribution >= 4 is 6.02 Å². The van der Waals surface area contributed by atoms with E-state index in [1.54, 1.807) is 5.01 Å². The lowest BCUT2D eigenvalue weighted by Gasteiger charge is -2.32. The average molecular weight is 185 g/mol. The molecule has 1 aliphatic heterocycles. The first-order chi connectivity index (χ1) is 5.99. The molecular formula is C9H19N3O. The van der Waals surface area contributed by atoms with Crippen LogP contribution < -0.4 is 5.43 Å². The van der Waals surface area contributed by atoms with Crippen LogP contribution in [0.3, 0.4) is 0 Å². The minimum absolute atomic E-state index is 0.229.